The number of carbonyl (C=O) groups is 2. The molecule has 1 heterocycles. The molecule has 0 spiro atoms. The highest BCUT2D eigenvalue weighted by Gasteiger charge is 2.34. The Kier molecular flexibility index (Phi) is 3.21. The van der Waals surface area contributed by atoms with Crippen LogP contribution >= 0.6 is 0 Å². The van der Waals surface area contributed by atoms with Gasteiger partial charge < -0.3 is 10.2 Å². The molecule has 2 amide bonds. The minimum Gasteiger partial charge on any atom is -0.345 e. The number of alkyl halides is 3. The van der Waals surface area contributed by atoms with Crippen LogP contribution in [0, 0.1) is 6.92 Å². The van der Waals surface area contributed by atoms with E-state index in [1.54, 1.807) is 0 Å². The van der Waals surface area contributed by atoms with Crippen molar-refractivity contribution in [1.82, 2.24) is 5.32 Å². The molecule has 1 aliphatic rings. The maximum Gasteiger partial charge on any atom is 0.416 e. The Morgan fingerprint density at radius 1 is 1.26 bits per heavy atom. The molecule has 0 atom stereocenters. The van der Waals surface area contributed by atoms with E-state index in [-0.39, 0.29) is 24.3 Å². The minimum atomic E-state index is -4.48. The van der Waals surface area contributed by atoms with E-state index in [0.29, 0.717) is 0 Å². The largest absolute Gasteiger partial charge is 0.416 e. The van der Waals surface area contributed by atoms with Gasteiger partial charge >= 0.3 is 6.18 Å². The van der Waals surface area contributed by atoms with Crippen LogP contribution in [0.15, 0.2) is 18.2 Å². The van der Waals surface area contributed by atoms with Crippen LogP contribution in [0.3, 0.4) is 0 Å². The Balaban J connectivity index is 2.40. The first-order chi connectivity index (χ1) is 8.79. The van der Waals surface area contributed by atoms with E-state index in [9.17, 15) is 22.8 Å². The summed E-state index contributed by atoms with van der Waals surface area (Å²) in [6, 6.07) is 3.59. The van der Waals surface area contributed by atoms with E-state index in [0.717, 1.165) is 11.0 Å². The van der Waals surface area contributed by atoms with Gasteiger partial charge in [0.05, 0.1) is 12.1 Å². The van der Waals surface area contributed by atoms with Gasteiger partial charge in [0, 0.05) is 5.69 Å². The van der Waals surface area contributed by atoms with Crippen LogP contribution in [0.2, 0.25) is 0 Å². The summed E-state index contributed by atoms with van der Waals surface area (Å²) in [5.41, 5.74) is -0.647. The van der Waals surface area contributed by atoms with Crippen LogP contribution in [0.1, 0.15) is 11.1 Å². The molecule has 0 radical (unpaired) electrons. The van der Waals surface area contributed by atoms with Crippen LogP contribution in [-0.4, -0.2) is 24.9 Å². The first-order valence-corrected chi connectivity index (χ1v) is 5.54. The fraction of sp³-hybridized carbons (Fsp3) is 0.333. The number of nitrogens with zero attached hydrogens (tertiary/aromatic N) is 1. The lowest BCUT2D eigenvalue weighted by Crippen LogP contribution is -2.51. The molecule has 1 N–H and O–H groups in total. The fourth-order valence-electron chi connectivity index (χ4n) is 1.88. The van der Waals surface area contributed by atoms with Crippen LogP contribution in [0.4, 0.5) is 18.9 Å². The van der Waals surface area contributed by atoms with Crippen molar-refractivity contribution in [1.29, 1.82) is 0 Å². The number of rotatable bonds is 1. The summed E-state index contributed by atoms with van der Waals surface area (Å²) < 4.78 is 38.4. The van der Waals surface area contributed by atoms with Gasteiger partial charge in [-0.25, -0.2) is 0 Å². The summed E-state index contributed by atoms with van der Waals surface area (Å²) in [6.45, 7) is 0.880. The molecule has 0 bridgehead atoms. The zero-order valence-corrected chi connectivity index (χ0v) is 10.0. The topological polar surface area (TPSA) is 49.4 Å². The number of aryl methyl sites for hydroxylation is 1. The normalized spacial score (nSPS) is 16.5. The Bertz CT molecular complexity index is 540. The van der Waals surface area contributed by atoms with Crippen LogP contribution in [0.25, 0.3) is 0 Å². The van der Waals surface area contributed by atoms with Gasteiger partial charge in [0.2, 0.25) is 11.8 Å². The molecule has 19 heavy (non-hydrogen) atoms. The molecule has 1 fully saturated rings. The molecule has 0 aliphatic carbocycles. The van der Waals surface area contributed by atoms with Gasteiger partial charge in [0.1, 0.15) is 6.54 Å². The number of piperazine rings is 1. The van der Waals surface area contributed by atoms with E-state index in [1.807, 2.05) is 0 Å². The minimum absolute atomic E-state index is 0.0742. The molecule has 102 valence electrons. The predicted molar refractivity (Wildman–Crippen MR) is 61.5 cm³/mol. The lowest BCUT2D eigenvalue weighted by atomic mass is 10.1. The maximum atomic E-state index is 12.8. The van der Waals surface area contributed by atoms with Crippen molar-refractivity contribution in [2.75, 3.05) is 18.0 Å². The molecule has 1 saturated heterocycles. The van der Waals surface area contributed by atoms with Crippen LogP contribution < -0.4 is 10.2 Å². The molecule has 1 aromatic rings. The molecule has 0 unspecified atom stereocenters. The summed E-state index contributed by atoms with van der Waals surface area (Å²) in [4.78, 5) is 23.9. The van der Waals surface area contributed by atoms with E-state index < -0.39 is 23.6 Å². The summed E-state index contributed by atoms with van der Waals surface area (Å²) >= 11 is 0. The highest BCUT2D eigenvalue weighted by atomic mass is 19.4. The van der Waals surface area contributed by atoms with Crippen molar-refractivity contribution >= 4 is 17.5 Å². The lowest BCUT2D eigenvalue weighted by molar-refractivity contribution is -0.138. The standard InChI is InChI=1S/C12H11F3N2O2/c1-7-2-3-8(4-9(7)12(13,14)15)17-6-10(18)16-5-11(17)19/h2-4H,5-6H2,1H3,(H,16,18). The van der Waals surface area contributed by atoms with Crippen molar-refractivity contribution in [3.63, 3.8) is 0 Å². The second kappa shape index (κ2) is 4.56. The number of hydrogen-bond acceptors (Lipinski definition) is 2. The Morgan fingerprint density at radius 2 is 1.95 bits per heavy atom. The van der Waals surface area contributed by atoms with Crippen molar-refractivity contribution in [2.24, 2.45) is 0 Å². The van der Waals surface area contributed by atoms with Gasteiger partial charge in [-0.1, -0.05) is 6.07 Å². The van der Waals surface area contributed by atoms with Gasteiger partial charge in [0.15, 0.2) is 0 Å². The number of hydrogen-bond donors (Lipinski definition) is 1. The first kappa shape index (κ1) is 13.4. The second-order valence-electron chi connectivity index (χ2n) is 4.25. The molecule has 0 aromatic heterocycles. The average molecular weight is 272 g/mol. The Labute approximate surface area is 107 Å². The number of amides is 2. The number of nitrogens with one attached hydrogen (secondary N) is 1. The van der Waals surface area contributed by atoms with Crippen molar-refractivity contribution < 1.29 is 22.8 Å². The van der Waals surface area contributed by atoms with Gasteiger partial charge in [0.25, 0.3) is 0 Å². The van der Waals surface area contributed by atoms with Crippen LogP contribution in [0.5, 0.6) is 0 Å². The summed E-state index contributed by atoms with van der Waals surface area (Å²) in [5, 5.41) is 2.34. The molecule has 0 saturated carbocycles. The van der Waals surface area contributed by atoms with Gasteiger partial charge in [-0.15, -0.1) is 0 Å². The number of carbonyl (C=O) groups excluding carboxylic acids is 2. The lowest BCUT2D eigenvalue weighted by Gasteiger charge is -2.27. The van der Waals surface area contributed by atoms with Crippen molar-refractivity contribution in [3.8, 4) is 0 Å². The SMILES string of the molecule is Cc1ccc(N2CC(=O)NCC2=O)cc1C(F)(F)F. The highest BCUT2D eigenvalue weighted by molar-refractivity contribution is 6.04. The zero-order chi connectivity index (χ0) is 14.2. The van der Waals surface area contributed by atoms with Gasteiger partial charge in [-0.3, -0.25) is 9.59 Å². The third kappa shape index (κ3) is 2.69. The molecule has 1 aliphatic heterocycles. The number of anilines is 1. The van der Waals surface area contributed by atoms with Gasteiger partial charge in [-0.05, 0) is 24.6 Å². The second-order valence-corrected chi connectivity index (χ2v) is 4.25. The third-order valence-corrected chi connectivity index (χ3v) is 2.88. The smallest absolute Gasteiger partial charge is 0.345 e. The summed E-state index contributed by atoms with van der Waals surface area (Å²) in [7, 11) is 0. The molecular formula is C12H11F3N2O2. The molecule has 2 rings (SSSR count). The first-order valence-electron chi connectivity index (χ1n) is 5.54. The molecule has 7 heteroatoms. The Morgan fingerprint density at radius 3 is 2.58 bits per heavy atom. The Hall–Kier alpha value is -2.05. The van der Waals surface area contributed by atoms with Crippen LogP contribution in [-0.2, 0) is 15.8 Å². The van der Waals surface area contributed by atoms with Gasteiger partial charge in [-0.2, -0.15) is 13.2 Å². The summed E-state index contributed by atoms with van der Waals surface area (Å²) in [5.74, 6) is -0.828. The summed E-state index contributed by atoms with van der Waals surface area (Å²) in [6.07, 6.45) is -4.48. The monoisotopic (exact) mass is 272 g/mol. The average Bonchev–Trinajstić information content (AvgIpc) is 2.31. The number of benzene rings is 1. The van der Waals surface area contributed by atoms with Crippen molar-refractivity contribution in [3.05, 3.63) is 29.3 Å². The van der Waals surface area contributed by atoms with E-state index in [1.165, 1.54) is 19.1 Å². The number of halogens is 3. The highest BCUT2D eigenvalue weighted by Crippen LogP contribution is 2.34. The van der Waals surface area contributed by atoms with Crippen molar-refractivity contribution in [2.45, 2.75) is 13.1 Å². The maximum absolute atomic E-state index is 12.8. The third-order valence-electron chi connectivity index (χ3n) is 2.88. The quantitative estimate of drug-likeness (QED) is 0.841. The molecular weight excluding hydrogens is 261 g/mol. The van der Waals surface area contributed by atoms with E-state index >= 15 is 0 Å². The molecule has 4 nitrogen and oxygen atoms in total. The zero-order valence-electron chi connectivity index (χ0n) is 10.0. The van der Waals surface area contributed by atoms with E-state index in [4.69, 9.17) is 0 Å². The van der Waals surface area contributed by atoms with E-state index in [2.05, 4.69) is 5.32 Å². The predicted octanol–water partition coefficient (Wildman–Crippen LogP) is 1.48. The fourth-order valence-corrected chi connectivity index (χ4v) is 1.88. The molecule has 1 aromatic carbocycles.